The Labute approximate surface area is 225 Å². The Balaban J connectivity index is 1.66. The Morgan fingerprint density at radius 2 is 1.76 bits per heavy atom. The lowest BCUT2D eigenvalue weighted by Crippen LogP contribution is -2.37. The molecule has 0 amide bonds. The van der Waals surface area contributed by atoms with Gasteiger partial charge in [-0.05, 0) is 41.4 Å². The number of hydrogen-bond acceptors (Lipinski definition) is 6. The fraction of sp³-hybridized carbons (Fsp3) is 0.250. The molecule has 2 aromatic carbocycles. The number of methoxy groups -OCH3 is 1. The van der Waals surface area contributed by atoms with Gasteiger partial charge in [-0.25, -0.2) is 13.6 Å². The minimum atomic E-state index is -4.01. The van der Waals surface area contributed by atoms with Crippen LogP contribution in [-0.2, 0) is 16.8 Å². The van der Waals surface area contributed by atoms with E-state index in [0.29, 0.717) is 23.0 Å². The number of anilines is 1. The van der Waals surface area contributed by atoms with Gasteiger partial charge in [-0.3, -0.25) is 0 Å². The number of rotatable bonds is 10. The normalized spacial score (nSPS) is 15.1. The summed E-state index contributed by atoms with van der Waals surface area (Å²) in [6.45, 7) is 6.97. The Bertz CT molecular complexity index is 1440. The lowest BCUT2D eigenvalue weighted by molar-refractivity contribution is 0.294. The first-order valence-electron chi connectivity index (χ1n) is 12.3. The van der Waals surface area contributed by atoms with Crippen molar-refractivity contribution in [2.24, 2.45) is 0 Å². The standard InChI is InChI=1S/C28H33N3O5SSi/c1-35-27-12-8-11-24(29-27)15-13-22-14-16-25(26(19-22)36-21-23-9-6-5-7-10-23)31-20-28(32)30(37(31,33)34)17-18-38(2,3)4/h5-16,19-20,32H,17-18,21H2,1-4H3. The lowest BCUT2D eigenvalue weighted by Gasteiger charge is -2.25. The fourth-order valence-corrected chi connectivity index (χ4v) is 6.31. The van der Waals surface area contributed by atoms with Gasteiger partial charge >= 0.3 is 10.2 Å². The van der Waals surface area contributed by atoms with E-state index >= 15 is 0 Å². The average Bonchev–Trinajstić information content (AvgIpc) is 3.12. The molecule has 10 heteroatoms. The topological polar surface area (TPSA) is 92.2 Å². The average molecular weight is 552 g/mol. The maximum Gasteiger partial charge on any atom is 0.332 e. The predicted octanol–water partition coefficient (Wildman–Crippen LogP) is 5.90. The lowest BCUT2D eigenvalue weighted by atomic mass is 10.1. The molecule has 0 radical (unpaired) electrons. The number of aliphatic hydroxyl groups excluding tert-OH is 1. The summed E-state index contributed by atoms with van der Waals surface area (Å²) in [5.74, 6) is 0.582. The van der Waals surface area contributed by atoms with Crippen LogP contribution in [0.2, 0.25) is 25.7 Å². The third-order valence-electron chi connectivity index (χ3n) is 5.94. The van der Waals surface area contributed by atoms with Crippen LogP contribution >= 0.6 is 0 Å². The van der Waals surface area contributed by atoms with Crippen LogP contribution < -0.4 is 13.8 Å². The summed E-state index contributed by atoms with van der Waals surface area (Å²) in [6.07, 6.45) is 4.95. The van der Waals surface area contributed by atoms with Crippen LogP contribution in [0, 0.1) is 0 Å². The molecule has 1 aromatic heterocycles. The minimum Gasteiger partial charge on any atom is -0.493 e. The van der Waals surface area contributed by atoms with E-state index in [0.717, 1.165) is 25.8 Å². The van der Waals surface area contributed by atoms with Crippen molar-refractivity contribution < 1.29 is 23.0 Å². The third kappa shape index (κ3) is 6.56. The number of aromatic nitrogens is 1. The van der Waals surface area contributed by atoms with Gasteiger partial charge in [0.15, 0.2) is 0 Å². The van der Waals surface area contributed by atoms with Gasteiger partial charge in [0.1, 0.15) is 18.0 Å². The zero-order valence-electron chi connectivity index (χ0n) is 22.0. The molecule has 200 valence electrons. The van der Waals surface area contributed by atoms with Crippen LogP contribution in [0.4, 0.5) is 5.69 Å². The van der Waals surface area contributed by atoms with Crippen molar-refractivity contribution in [3.63, 3.8) is 0 Å². The highest BCUT2D eigenvalue weighted by Crippen LogP contribution is 2.38. The van der Waals surface area contributed by atoms with Gasteiger partial charge in [0.05, 0.1) is 19.0 Å². The van der Waals surface area contributed by atoms with Crippen molar-refractivity contribution in [2.45, 2.75) is 32.3 Å². The van der Waals surface area contributed by atoms with Gasteiger partial charge in [-0.15, -0.1) is 0 Å². The molecule has 1 aliphatic heterocycles. The molecular weight excluding hydrogens is 518 g/mol. The number of pyridine rings is 1. The zero-order chi connectivity index (χ0) is 27.3. The molecule has 8 nitrogen and oxygen atoms in total. The highest BCUT2D eigenvalue weighted by Gasteiger charge is 2.39. The van der Waals surface area contributed by atoms with Crippen LogP contribution in [0.15, 0.2) is 78.8 Å². The van der Waals surface area contributed by atoms with E-state index in [1.807, 2.05) is 54.6 Å². The largest absolute Gasteiger partial charge is 0.493 e. The molecule has 0 unspecified atom stereocenters. The van der Waals surface area contributed by atoms with Gasteiger partial charge < -0.3 is 14.6 Å². The highest BCUT2D eigenvalue weighted by molar-refractivity contribution is 7.91. The summed E-state index contributed by atoms with van der Waals surface area (Å²) >= 11 is 0. The molecular formula is C28H33N3O5SSi. The molecule has 1 N–H and O–H groups in total. The van der Waals surface area contributed by atoms with Gasteiger partial charge in [0, 0.05) is 20.7 Å². The number of nitrogens with zero attached hydrogens (tertiary/aromatic N) is 3. The first-order chi connectivity index (χ1) is 18.1. The molecule has 0 bridgehead atoms. The van der Waals surface area contributed by atoms with Gasteiger partial charge in [-0.2, -0.15) is 8.42 Å². The van der Waals surface area contributed by atoms with Crippen molar-refractivity contribution in [3.05, 3.63) is 95.6 Å². The zero-order valence-corrected chi connectivity index (χ0v) is 23.9. The second-order valence-corrected chi connectivity index (χ2v) is 17.5. The van der Waals surface area contributed by atoms with E-state index in [9.17, 15) is 13.5 Å². The van der Waals surface area contributed by atoms with E-state index < -0.39 is 18.3 Å². The summed E-state index contributed by atoms with van der Waals surface area (Å²) in [6, 6.07) is 21.1. The molecule has 0 atom stereocenters. The van der Waals surface area contributed by atoms with Gasteiger partial charge in [-0.1, -0.05) is 68.2 Å². The van der Waals surface area contributed by atoms with Crippen molar-refractivity contribution >= 4 is 36.1 Å². The molecule has 0 saturated heterocycles. The van der Waals surface area contributed by atoms with Crippen LogP contribution in [0.3, 0.4) is 0 Å². The van der Waals surface area contributed by atoms with Crippen LogP contribution in [-0.4, -0.2) is 44.5 Å². The monoisotopic (exact) mass is 551 g/mol. The summed E-state index contributed by atoms with van der Waals surface area (Å²) < 4.78 is 40.4. The molecule has 0 saturated carbocycles. The molecule has 0 aliphatic carbocycles. The smallest absolute Gasteiger partial charge is 0.332 e. The Kier molecular flexibility index (Phi) is 8.13. The van der Waals surface area contributed by atoms with E-state index in [1.165, 1.54) is 6.20 Å². The summed E-state index contributed by atoms with van der Waals surface area (Å²) in [4.78, 5) is 4.39. The van der Waals surface area contributed by atoms with Crippen molar-refractivity contribution in [2.75, 3.05) is 18.0 Å². The molecule has 38 heavy (non-hydrogen) atoms. The van der Waals surface area contributed by atoms with Gasteiger partial charge in [0.25, 0.3) is 0 Å². The van der Waals surface area contributed by atoms with E-state index in [1.54, 1.807) is 31.4 Å². The first kappa shape index (κ1) is 27.3. The SMILES string of the molecule is COc1cccc(C=Cc2ccc(N3C=C(O)N(CC[Si](C)(C)C)S3(=O)=O)c(OCc3ccccc3)c2)n1. The fourth-order valence-electron chi connectivity index (χ4n) is 3.81. The van der Waals surface area contributed by atoms with E-state index in [-0.39, 0.29) is 19.0 Å². The number of hydrogen-bond donors (Lipinski definition) is 1. The minimum absolute atomic E-state index is 0.228. The Morgan fingerprint density at radius 3 is 2.47 bits per heavy atom. The summed E-state index contributed by atoms with van der Waals surface area (Å²) in [5, 5.41) is 10.6. The van der Waals surface area contributed by atoms with Crippen LogP contribution in [0.1, 0.15) is 16.8 Å². The maximum atomic E-state index is 13.5. The Morgan fingerprint density at radius 1 is 1.00 bits per heavy atom. The van der Waals surface area contributed by atoms with Crippen LogP contribution in [0.25, 0.3) is 12.2 Å². The second-order valence-electron chi connectivity index (χ2n) is 10.1. The summed E-state index contributed by atoms with van der Waals surface area (Å²) in [5.41, 5.74) is 2.77. The van der Waals surface area contributed by atoms with E-state index in [4.69, 9.17) is 9.47 Å². The van der Waals surface area contributed by atoms with Gasteiger partial charge in [0.2, 0.25) is 11.8 Å². The van der Waals surface area contributed by atoms with Crippen molar-refractivity contribution in [1.82, 2.24) is 9.29 Å². The predicted molar refractivity (Wildman–Crippen MR) is 154 cm³/mol. The maximum absolute atomic E-state index is 13.5. The molecule has 2 heterocycles. The molecule has 1 aliphatic rings. The van der Waals surface area contributed by atoms with E-state index in [2.05, 4.69) is 24.6 Å². The second kappa shape index (κ2) is 11.3. The van der Waals surface area contributed by atoms with Crippen molar-refractivity contribution in [1.29, 1.82) is 0 Å². The molecule has 4 rings (SSSR count). The third-order valence-corrected chi connectivity index (χ3v) is 9.39. The molecule has 3 aromatic rings. The molecule has 0 spiro atoms. The number of benzene rings is 2. The summed E-state index contributed by atoms with van der Waals surface area (Å²) in [7, 11) is -3.98. The number of ether oxygens (including phenoxy) is 2. The highest BCUT2D eigenvalue weighted by atomic mass is 32.2. The Hall–Kier alpha value is -3.76. The van der Waals surface area contributed by atoms with Crippen molar-refractivity contribution in [3.8, 4) is 11.6 Å². The first-order valence-corrected chi connectivity index (χ1v) is 17.4. The quantitative estimate of drug-likeness (QED) is 0.315. The van der Waals surface area contributed by atoms with Crippen LogP contribution in [0.5, 0.6) is 11.6 Å². The number of aliphatic hydroxyl groups is 1. The molecule has 0 fully saturated rings.